The maximum atomic E-state index is 2.56. The van der Waals surface area contributed by atoms with Gasteiger partial charge in [-0.1, -0.05) is 152 Å². The van der Waals surface area contributed by atoms with Crippen molar-refractivity contribution in [1.82, 2.24) is 0 Å². The summed E-state index contributed by atoms with van der Waals surface area (Å²) >= 11 is 3.75. The molecule has 53 heavy (non-hydrogen) atoms. The summed E-state index contributed by atoms with van der Waals surface area (Å²) in [6.07, 6.45) is 0. The molecule has 0 bridgehead atoms. The van der Waals surface area contributed by atoms with Crippen LogP contribution >= 0.6 is 22.7 Å². The van der Waals surface area contributed by atoms with Crippen LogP contribution in [0, 0.1) is 0 Å². The molecule has 2 aromatic heterocycles. The monoisotopic (exact) mass is 709 g/mol. The zero-order chi connectivity index (χ0) is 34.9. The van der Waals surface area contributed by atoms with E-state index in [1.165, 1.54) is 95.5 Å². The van der Waals surface area contributed by atoms with Crippen LogP contribution in [0.5, 0.6) is 0 Å². The number of hydrogen-bond donors (Lipinski definition) is 0. The van der Waals surface area contributed by atoms with Crippen LogP contribution in [-0.2, 0) is 0 Å². The van der Waals surface area contributed by atoms with Gasteiger partial charge in [0.25, 0.3) is 0 Å². The highest BCUT2D eigenvalue weighted by Gasteiger charge is 2.26. The van der Waals surface area contributed by atoms with E-state index in [4.69, 9.17) is 0 Å². The van der Waals surface area contributed by atoms with E-state index >= 15 is 0 Å². The van der Waals surface area contributed by atoms with Crippen LogP contribution in [0.25, 0.3) is 84.1 Å². The van der Waals surface area contributed by atoms with Gasteiger partial charge in [0.2, 0.25) is 0 Å². The summed E-state index contributed by atoms with van der Waals surface area (Å²) in [5.41, 5.74) is 8.38. The predicted octanol–water partition coefficient (Wildman–Crippen LogP) is 15.5. The number of thiophene rings is 2. The lowest BCUT2D eigenvalue weighted by Crippen LogP contribution is -2.12. The van der Waals surface area contributed by atoms with Gasteiger partial charge in [-0.25, -0.2) is 0 Å². The van der Waals surface area contributed by atoms with Crippen molar-refractivity contribution >= 4 is 102 Å². The Morgan fingerprint density at radius 3 is 1.74 bits per heavy atom. The number of rotatable bonds is 5. The fourth-order valence-electron chi connectivity index (χ4n) is 8.38. The highest BCUT2D eigenvalue weighted by Crippen LogP contribution is 2.52. The minimum absolute atomic E-state index is 1.13. The number of fused-ring (bicyclic) bond motifs is 9. The van der Waals surface area contributed by atoms with E-state index < -0.39 is 0 Å². The van der Waals surface area contributed by atoms with Crippen LogP contribution < -0.4 is 4.90 Å². The minimum Gasteiger partial charge on any atom is -0.308 e. The Morgan fingerprint density at radius 2 is 0.925 bits per heavy atom. The second-order valence-electron chi connectivity index (χ2n) is 13.6. The van der Waals surface area contributed by atoms with Crippen LogP contribution in [0.1, 0.15) is 0 Å². The molecule has 1 nitrogen and oxygen atoms in total. The molecule has 0 aliphatic rings. The lowest BCUT2D eigenvalue weighted by molar-refractivity contribution is 1.32. The highest BCUT2D eigenvalue weighted by atomic mass is 32.1. The average Bonchev–Trinajstić information content (AvgIpc) is 3.81. The molecule has 11 rings (SSSR count). The maximum Gasteiger partial charge on any atom is 0.0640 e. The second-order valence-corrected chi connectivity index (χ2v) is 15.7. The molecule has 0 aliphatic heterocycles. The minimum atomic E-state index is 1.13. The lowest BCUT2D eigenvalue weighted by atomic mass is 9.89. The van der Waals surface area contributed by atoms with E-state index in [1.54, 1.807) is 0 Å². The van der Waals surface area contributed by atoms with E-state index in [1.807, 2.05) is 22.7 Å². The van der Waals surface area contributed by atoms with Crippen LogP contribution in [0.3, 0.4) is 0 Å². The fourth-order valence-corrected chi connectivity index (χ4v) is 10.7. The lowest BCUT2D eigenvalue weighted by Gasteiger charge is -2.31. The quantitative estimate of drug-likeness (QED) is 0.161. The molecule has 0 N–H and O–H groups in total. The molecule has 0 fully saturated rings. The molecular weight excluding hydrogens is 679 g/mol. The van der Waals surface area contributed by atoms with Gasteiger partial charge in [-0.05, 0) is 69.2 Å². The van der Waals surface area contributed by atoms with E-state index in [0.717, 1.165) is 5.69 Å². The number of benzene rings is 9. The Morgan fingerprint density at radius 1 is 0.358 bits per heavy atom. The summed E-state index contributed by atoms with van der Waals surface area (Å²) in [7, 11) is 0. The molecule has 3 heteroatoms. The summed E-state index contributed by atoms with van der Waals surface area (Å²) in [4.78, 5) is 2.56. The van der Waals surface area contributed by atoms with E-state index in [0.29, 0.717) is 0 Å². The molecule has 9 aromatic carbocycles. The molecular formula is C50H31NS2. The van der Waals surface area contributed by atoms with E-state index in [-0.39, 0.29) is 0 Å². The highest BCUT2D eigenvalue weighted by molar-refractivity contribution is 7.26. The summed E-state index contributed by atoms with van der Waals surface area (Å²) in [6.45, 7) is 0. The molecule has 0 atom stereocenters. The van der Waals surface area contributed by atoms with E-state index in [2.05, 4.69) is 193 Å². The standard InChI is InChI=1S/C50H31NS2/c1-2-15-32(16-3-1)47-39-22-6-4-19-36(39)37-20-5-7-23-40(37)49(47)51(43-27-13-26-41-38-21-8-10-28-44(38)53-50(41)43)34-18-12-17-33(31-34)35-25-14-30-46-48(35)42-24-9-11-29-45(42)52-46/h1-31H. The van der Waals surface area contributed by atoms with Gasteiger partial charge >= 0.3 is 0 Å². The first-order valence-electron chi connectivity index (χ1n) is 18.0. The third-order valence-corrected chi connectivity index (χ3v) is 13.0. The van der Waals surface area contributed by atoms with Gasteiger partial charge < -0.3 is 4.90 Å². The van der Waals surface area contributed by atoms with Gasteiger partial charge in [-0.3, -0.25) is 0 Å². The van der Waals surface area contributed by atoms with Gasteiger partial charge in [0.05, 0.1) is 16.1 Å². The molecule has 2 heterocycles. The molecule has 0 radical (unpaired) electrons. The van der Waals surface area contributed by atoms with Crippen molar-refractivity contribution in [3.05, 3.63) is 188 Å². The SMILES string of the molecule is c1ccc(-c2c(N(c3cccc(-c4cccc5sc6ccccc6c45)c3)c3cccc4c3sc3ccccc34)c3ccccc3c3ccccc23)cc1. The fraction of sp³-hybridized carbons (Fsp3) is 0. The van der Waals surface area contributed by atoms with Gasteiger partial charge in [-0.2, -0.15) is 0 Å². The molecule has 0 aliphatic carbocycles. The van der Waals surface area contributed by atoms with Crippen molar-refractivity contribution in [1.29, 1.82) is 0 Å². The molecule has 0 saturated carbocycles. The molecule has 248 valence electrons. The number of anilines is 3. The average molecular weight is 710 g/mol. The van der Waals surface area contributed by atoms with Crippen molar-refractivity contribution in [2.75, 3.05) is 4.90 Å². The second kappa shape index (κ2) is 12.2. The van der Waals surface area contributed by atoms with Crippen molar-refractivity contribution in [2.45, 2.75) is 0 Å². The Hall–Kier alpha value is -6.26. The van der Waals surface area contributed by atoms with Crippen LogP contribution in [0.2, 0.25) is 0 Å². The van der Waals surface area contributed by atoms with Crippen molar-refractivity contribution in [3.63, 3.8) is 0 Å². The molecule has 0 amide bonds. The molecule has 0 saturated heterocycles. The van der Waals surface area contributed by atoms with Gasteiger partial charge in [0, 0.05) is 52.3 Å². The molecule has 11 aromatic rings. The van der Waals surface area contributed by atoms with Gasteiger partial charge in [0.1, 0.15) is 0 Å². The first-order valence-corrected chi connectivity index (χ1v) is 19.6. The zero-order valence-corrected chi connectivity index (χ0v) is 30.3. The summed E-state index contributed by atoms with van der Waals surface area (Å²) in [5, 5.41) is 10.2. The molecule has 0 unspecified atom stereocenters. The third-order valence-electron chi connectivity index (χ3n) is 10.6. The van der Waals surface area contributed by atoms with Gasteiger partial charge in [-0.15, -0.1) is 22.7 Å². The van der Waals surface area contributed by atoms with Crippen molar-refractivity contribution in [3.8, 4) is 22.3 Å². The van der Waals surface area contributed by atoms with Crippen LogP contribution in [0.4, 0.5) is 17.1 Å². The smallest absolute Gasteiger partial charge is 0.0640 e. The Kier molecular flexibility index (Phi) is 6.97. The zero-order valence-electron chi connectivity index (χ0n) is 28.7. The Bertz CT molecular complexity index is 3190. The Balaban J connectivity index is 1.28. The topological polar surface area (TPSA) is 3.24 Å². The van der Waals surface area contributed by atoms with E-state index in [9.17, 15) is 0 Å². The van der Waals surface area contributed by atoms with Crippen molar-refractivity contribution in [2.24, 2.45) is 0 Å². The predicted molar refractivity (Wildman–Crippen MR) is 233 cm³/mol. The molecule has 0 spiro atoms. The van der Waals surface area contributed by atoms with Crippen molar-refractivity contribution < 1.29 is 0 Å². The summed E-state index contributed by atoms with van der Waals surface area (Å²) < 4.78 is 5.21. The maximum absolute atomic E-state index is 2.56. The number of hydrogen-bond acceptors (Lipinski definition) is 3. The van der Waals surface area contributed by atoms with Crippen LogP contribution in [-0.4, -0.2) is 0 Å². The summed E-state index contributed by atoms with van der Waals surface area (Å²) in [6, 6.07) is 69.2. The first kappa shape index (κ1) is 30.4. The first-order chi connectivity index (χ1) is 26.3. The van der Waals surface area contributed by atoms with Crippen LogP contribution in [0.15, 0.2) is 188 Å². The largest absolute Gasteiger partial charge is 0.308 e. The third kappa shape index (κ3) is 4.75. The number of nitrogens with zero attached hydrogens (tertiary/aromatic N) is 1. The van der Waals surface area contributed by atoms with Gasteiger partial charge in [0.15, 0.2) is 0 Å². The Labute approximate surface area is 315 Å². The summed E-state index contributed by atoms with van der Waals surface area (Å²) in [5.74, 6) is 0. The normalized spacial score (nSPS) is 11.8.